The molecule has 2 aromatic rings. The van der Waals surface area contributed by atoms with Gasteiger partial charge < -0.3 is 15.2 Å². The van der Waals surface area contributed by atoms with Crippen LogP contribution in [0.3, 0.4) is 0 Å². The number of phenols is 1. The Balaban J connectivity index is 2.12. The number of para-hydroxylation sites is 1. The lowest BCUT2D eigenvalue weighted by atomic mass is 10.0. The van der Waals surface area contributed by atoms with E-state index in [1.807, 2.05) is 32.0 Å². The van der Waals surface area contributed by atoms with Crippen LogP contribution in [0.25, 0.3) is 0 Å². The van der Waals surface area contributed by atoms with Crippen molar-refractivity contribution in [1.82, 2.24) is 0 Å². The van der Waals surface area contributed by atoms with Gasteiger partial charge in [-0.25, -0.2) is 4.39 Å². The van der Waals surface area contributed by atoms with Gasteiger partial charge in [0.25, 0.3) is 5.91 Å². The highest BCUT2D eigenvalue weighted by Crippen LogP contribution is 2.30. The molecule has 0 heterocycles. The maximum atomic E-state index is 13.8. The zero-order valence-corrected chi connectivity index (χ0v) is 14.4. The number of halogens is 2. The Bertz CT molecular complexity index is 749. The largest absolute Gasteiger partial charge is 0.506 e. The molecular formula is C18H19ClFNO3. The number of carbonyl (C=O) groups is 1. The normalized spacial score (nSPS) is 12.1. The molecule has 2 N–H and O–H groups in total. The molecule has 128 valence electrons. The average molecular weight is 352 g/mol. The van der Waals surface area contributed by atoms with E-state index < -0.39 is 17.8 Å². The summed E-state index contributed by atoms with van der Waals surface area (Å²) < 4.78 is 19.5. The summed E-state index contributed by atoms with van der Waals surface area (Å²) in [5, 5.41) is 11.7. The molecule has 0 saturated carbocycles. The van der Waals surface area contributed by atoms with Gasteiger partial charge >= 0.3 is 0 Å². The number of carbonyl (C=O) groups excluding carboxylic acids is 1. The van der Waals surface area contributed by atoms with Crippen LogP contribution in [0.4, 0.5) is 10.1 Å². The summed E-state index contributed by atoms with van der Waals surface area (Å²) in [6.45, 7) is 5.63. The molecule has 2 aromatic carbocycles. The summed E-state index contributed by atoms with van der Waals surface area (Å²) in [5.41, 5.74) is 0.867. The highest BCUT2D eigenvalue weighted by Gasteiger charge is 2.19. The topological polar surface area (TPSA) is 58.6 Å². The maximum Gasteiger partial charge on any atom is 0.265 e. The molecule has 0 aromatic heterocycles. The fraction of sp³-hybridized carbons (Fsp3) is 0.278. The zero-order chi connectivity index (χ0) is 17.9. The van der Waals surface area contributed by atoms with Gasteiger partial charge in [-0.2, -0.15) is 0 Å². The Morgan fingerprint density at radius 1 is 1.25 bits per heavy atom. The Hall–Kier alpha value is -2.27. The van der Waals surface area contributed by atoms with E-state index in [4.69, 9.17) is 16.3 Å². The number of ether oxygens (including phenoxy) is 1. The van der Waals surface area contributed by atoms with Crippen molar-refractivity contribution < 1.29 is 19.0 Å². The molecule has 1 atom stereocenters. The summed E-state index contributed by atoms with van der Waals surface area (Å²) in [6, 6.07) is 9.45. The van der Waals surface area contributed by atoms with Crippen LogP contribution in [-0.4, -0.2) is 17.1 Å². The van der Waals surface area contributed by atoms with Crippen molar-refractivity contribution in [2.45, 2.75) is 32.8 Å². The van der Waals surface area contributed by atoms with Gasteiger partial charge in [-0.15, -0.1) is 0 Å². The van der Waals surface area contributed by atoms with Gasteiger partial charge in [0.05, 0.1) is 10.7 Å². The highest BCUT2D eigenvalue weighted by atomic mass is 35.5. The third-order valence-electron chi connectivity index (χ3n) is 3.51. The molecule has 1 amide bonds. The van der Waals surface area contributed by atoms with Crippen LogP contribution in [0.2, 0.25) is 5.02 Å². The first-order valence-electron chi connectivity index (χ1n) is 7.54. The van der Waals surface area contributed by atoms with Crippen molar-refractivity contribution in [1.29, 1.82) is 0 Å². The number of nitrogens with one attached hydrogen (secondary N) is 1. The standard InChI is InChI=1S/C18H19ClFNO3/c1-10(2)12-6-4-5-7-17(12)24-11(3)18(23)21-15-8-13(19)16(22)9-14(15)20/h4-11,22H,1-3H3,(H,21,23). The molecule has 2 rings (SSSR count). The van der Waals surface area contributed by atoms with Crippen LogP contribution in [0, 0.1) is 5.82 Å². The number of phenolic OH excluding ortho intramolecular Hbond substituents is 1. The van der Waals surface area contributed by atoms with E-state index in [0.717, 1.165) is 17.7 Å². The third kappa shape index (κ3) is 4.17. The molecule has 6 heteroatoms. The van der Waals surface area contributed by atoms with Crippen LogP contribution in [0.5, 0.6) is 11.5 Å². The number of benzene rings is 2. The Labute approximate surface area is 145 Å². The second-order valence-corrected chi connectivity index (χ2v) is 6.13. The fourth-order valence-corrected chi connectivity index (χ4v) is 2.34. The molecule has 0 fully saturated rings. The minimum Gasteiger partial charge on any atom is -0.506 e. The first-order chi connectivity index (χ1) is 11.3. The van der Waals surface area contributed by atoms with E-state index in [2.05, 4.69) is 5.32 Å². The molecule has 0 aliphatic heterocycles. The summed E-state index contributed by atoms with van der Waals surface area (Å²) in [6.07, 6.45) is -0.836. The van der Waals surface area contributed by atoms with Crippen LogP contribution < -0.4 is 10.1 Å². The van der Waals surface area contributed by atoms with E-state index in [1.165, 1.54) is 0 Å². The van der Waals surface area contributed by atoms with E-state index in [0.29, 0.717) is 5.75 Å². The average Bonchev–Trinajstić information content (AvgIpc) is 2.52. The van der Waals surface area contributed by atoms with Gasteiger partial charge in [0.15, 0.2) is 6.10 Å². The number of anilines is 1. The van der Waals surface area contributed by atoms with Gasteiger partial charge in [-0.3, -0.25) is 4.79 Å². The highest BCUT2D eigenvalue weighted by molar-refractivity contribution is 6.32. The van der Waals surface area contributed by atoms with E-state index >= 15 is 0 Å². The fourth-order valence-electron chi connectivity index (χ4n) is 2.18. The van der Waals surface area contributed by atoms with E-state index in [9.17, 15) is 14.3 Å². The van der Waals surface area contributed by atoms with E-state index in [-0.39, 0.29) is 22.4 Å². The van der Waals surface area contributed by atoms with Gasteiger partial charge in [-0.05, 0) is 30.5 Å². The minimum absolute atomic E-state index is 0.0505. The predicted octanol–water partition coefficient (Wildman–Crippen LogP) is 4.71. The lowest BCUT2D eigenvalue weighted by molar-refractivity contribution is -0.122. The van der Waals surface area contributed by atoms with Crippen molar-refractivity contribution >= 4 is 23.2 Å². The quantitative estimate of drug-likeness (QED) is 0.767. The lowest BCUT2D eigenvalue weighted by Gasteiger charge is -2.19. The van der Waals surface area contributed by atoms with Crippen LogP contribution in [-0.2, 0) is 4.79 Å². The molecule has 0 radical (unpaired) electrons. The number of amides is 1. The van der Waals surface area contributed by atoms with Crippen molar-refractivity contribution in [2.24, 2.45) is 0 Å². The van der Waals surface area contributed by atoms with Gasteiger partial charge in [0, 0.05) is 6.07 Å². The second-order valence-electron chi connectivity index (χ2n) is 5.73. The van der Waals surface area contributed by atoms with Gasteiger partial charge in [0.2, 0.25) is 0 Å². The molecule has 0 aliphatic carbocycles. The molecule has 24 heavy (non-hydrogen) atoms. The monoisotopic (exact) mass is 351 g/mol. The smallest absolute Gasteiger partial charge is 0.265 e. The van der Waals surface area contributed by atoms with Crippen molar-refractivity contribution in [3.8, 4) is 11.5 Å². The number of hydrogen-bond acceptors (Lipinski definition) is 3. The first-order valence-corrected chi connectivity index (χ1v) is 7.91. The molecule has 4 nitrogen and oxygen atoms in total. The molecule has 0 saturated heterocycles. The van der Waals surface area contributed by atoms with Crippen LogP contribution in [0.1, 0.15) is 32.3 Å². The molecule has 1 unspecified atom stereocenters. The second kappa shape index (κ2) is 7.53. The van der Waals surface area contributed by atoms with Crippen molar-refractivity contribution in [3.05, 3.63) is 52.8 Å². The first kappa shape index (κ1) is 18.1. The SMILES string of the molecule is CC(Oc1ccccc1C(C)C)C(=O)Nc1cc(Cl)c(O)cc1F. The van der Waals surface area contributed by atoms with Gasteiger partial charge in [-0.1, -0.05) is 43.6 Å². The van der Waals surface area contributed by atoms with Crippen LogP contribution >= 0.6 is 11.6 Å². The van der Waals surface area contributed by atoms with Crippen molar-refractivity contribution in [2.75, 3.05) is 5.32 Å². The minimum atomic E-state index is -0.836. The summed E-state index contributed by atoms with van der Waals surface area (Å²) in [7, 11) is 0. The summed E-state index contributed by atoms with van der Waals surface area (Å²) >= 11 is 5.73. The third-order valence-corrected chi connectivity index (χ3v) is 3.81. The molecule has 0 aliphatic rings. The number of hydrogen-bond donors (Lipinski definition) is 2. The molecule has 0 spiro atoms. The Morgan fingerprint density at radius 2 is 1.92 bits per heavy atom. The van der Waals surface area contributed by atoms with Gasteiger partial charge in [0.1, 0.15) is 17.3 Å². The number of rotatable bonds is 5. The van der Waals surface area contributed by atoms with Crippen molar-refractivity contribution in [3.63, 3.8) is 0 Å². The molecular weight excluding hydrogens is 333 g/mol. The lowest BCUT2D eigenvalue weighted by Crippen LogP contribution is -2.30. The van der Waals surface area contributed by atoms with Crippen LogP contribution in [0.15, 0.2) is 36.4 Å². The maximum absolute atomic E-state index is 13.8. The summed E-state index contributed by atoms with van der Waals surface area (Å²) in [4.78, 5) is 12.2. The Kier molecular flexibility index (Phi) is 5.67. The predicted molar refractivity (Wildman–Crippen MR) is 92.3 cm³/mol. The zero-order valence-electron chi connectivity index (χ0n) is 13.6. The Morgan fingerprint density at radius 3 is 2.58 bits per heavy atom. The summed E-state index contributed by atoms with van der Waals surface area (Å²) in [5.74, 6) is -0.833. The number of aromatic hydroxyl groups is 1. The molecule has 0 bridgehead atoms. The van der Waals surface area contributed by atoms with E-state index in [1.54, 1.807) is 13.0 Å².